The molecular weight excluding hydrogens is 344 g/mol. The standard InChI is InChI=1S/C18H23ClN2O4/c1-13-11-14(19)4-5-15(13)25-12-17(22)20-6-8-21(9-7-20)18(23)16-3-2-10-24-16/h4-5,11,16H,2-3,6-10,12H2,1H3. The summed E-state index contributed by atoms with van der Waals surface area (Å²) in [5.41, 5.74) is 0.896. The van der Waals surface area contributed by atoms with Gasteiger partial charge in [-0.3, -0.25) is 9.59 Å². The van der Waals surface area contributed by atoms with Gasteiger partial charge in [0.05, 0.1) is 0 Å². The number of ether oxygens (including phenoxy) is 2. The van der Waals surface area contributed by atoms with Gasteiger partial charge in [0.25, 0.3) is 11.8 Å². The number of hydrogen-bond acceptors (Lipinski definition) is 4. The molecule has 2 fully saturated rings. The smallest absolute Gasteiger partial charge is 0.260 e. The number of hydrogen-bond donors (Lipinski definition) is 0. The first-order valence-electron chi connectivity index (χ1n) is 8.62. The normalized spacial score (nSPS) is 20.6. The zero-order valence-electron chi connectivity index (χ0n) is 14.4. The van der Waals surface area contributed by atoms with Crippen molar-refractivity contribution in [1.82, 2.24) is 9.80 Å². The van der Waals surface area contributed by atoms with Gasteiger partial charge in [0, 0.05) is 37.8 Å². The highest BCUT2D eigenvalue weighted by molar-refractivity contribution is 6.30. The fourth-order valence-electron chi connectivity index (χ4n) is 3.16. The Morgan fingerprint density at radius 3 is 2.60 bits per heavy atom. The van der Waals surface area contributed by atoms with Crippen LogP contribution >= 0.6 is 11.6 Å². The number of amides is 2. The maximum atomic E-state index is 12.3. The Labute approximate surface area is 152 Å². The number of piperazine rings is 1. The van der Waals surface area contributed by atoms with Crippen LogP contribution in [0.25, 0.3) is 0 Å². The number of carbonyl (C=O) groups excluding carboxylic acids is 2. The molecule has 2 aliphatic heterocycles. The number of halogens is 1. The van der Waals surface area contributed by atoms with E-state index < -0.39 is 0 Å². The van der Waals surface area contributed by atoms with Crippen molar-refractivity contribution >= 4 is 23.4 Å². The monoisotopic (exact) mass is 366 g/mol. The van der Waals surface area contributed by atoms with E-state index in [1.54, 1.807) is 28.0 Å². The minimum atomic E-state index is -0.293. The van der Waals surface area contributed by atoms with Gasteiger partial charge in [0.2, 0.25) is 0 Å². The van der Waals surface area contributed by atoms with E-state index in [0.717, 1.165) is 18.4 Å². The lowest BCUT2D eigenvalue weighted by Crippen LogP contribution is -2.53. The summed E-state index contributed by atoms with van der Waals surface area (Å²) in [6.45, 7) is 4.69. The molecular formula is C18H23ClN2O4. The van der Waals surface area contributed by atoms with Gasteiger partial charge in [-0.2, -0.15) is 0 Å². The summed E-state index contributed by atoms with van der Waals surface area (Å²) < 4.78 is 11.1. The summed E-state index contributed by atoms with van der Waals surface area (Å²) in [4.78, 5) is 28.2. The Kier molecular flexibility index (Phi) is 5.81. The van der Waals surface area contributed by atoms with Crippen LogP contribution in [0.15, 0.2) is 18.2 Å². The van der Waals surface area contributed by atoms with E-state index in [4.69, 9.17) is 21.1 Å². The first-order valence-corrected chi connectivity index (χ1v) is 8.99. The number of nitrogens with zero attached hydrogens (tertiary/aromatic N) is 2. The minimum absolute atomic E-state index is 0.0118. The fraction of sp³-hybridized carbons (Fsp3) is 0.556. The molecule has 0 saturated carbocycles. The third-order valence-electron chi connectivity index (χ3n) is 4.64. The first-order chi connectivity index (χ1) is 12.0. The van der Waals surface area contributed by atoms with Crippen molar-refractivity contribution in [3.63, 3.8) is 0 Å². The summed E-state index contributed by atoms with van der Waals surface area (Å²) in [5.74, 6) is 0.640. The third-order valence-corrected chi connectivity index (χ3v) is 4.87. The van der Waals surface area contributed by atoms with Crippen LogP contribution in [-0.4, -0.2) is 67.1 Å². The summed E-state index contributed by atoms with van der Waals surface area (Å²) in [7, 11) is 0. The van der Waals surface area contributed by atoms with Crippen molar-refractivity contribution < 1.29 is 19.1 Å². The highest BCUT2D eigenvalue weighted by Crippen LogP contribution is 2.22. The molecule has 136 valence electrons. The van der Waals surface area contributed by atoms with Crippen molar-refractivity contribution in [2.45, 2.75) is 25.9 Å². The predicted molar refractivity (Wildman–Crippen MR) is 93.8 cm³/mol. The molecule has 0 spiro atoms. The van der Waals surface area contributed by atoms with Crippen molar-refractivity contribution in [2.75, 3.05) is 39.4 Å². The van der Waals surface area contributed by atoms with E-state index in [1.807, 2.05) is 6.92 Å². The molecule has 3 rings (SSSR count). The van der Waals surface area contributed by atoms with Crippen LogP contribution < -0.4 is 4.74 Å². The molecule has 6 nitrogen and oxygen atoms in total. The number of carbonyl (C=O) groups is 2. The van der Waals surface area contributed by atoms with E-state index in [-0.39, 0.29) is 24.5 Å². The van der Waals surface area contributed by atoms with Crippen molar-refractivity contribution in [1.29, 1.82) is 0 Å². The van der Waals surface area contributed by atoms with E-state index in [0.29, 0.717) is 43.6 Å². The Balaban J connectivity index is 1.45. The summed E-state index contributed by atoms with van der Waals surface area (Å²) in [6, 6.07) is 5.31. The van der Waals surface area contributed by atoms with Gasteiger partial charge in [-0.1, -0.05) is 11.6 Å². The van der Waals surface area contributed by atoms with Gasteiger partial charge >= 0.3 is 0 Å². The number of rotatable bonds is 4. The second-order valence-corrected chi connectivity index (χ2v) is 6.84. The largest absolute Gasteiger partial charge is 0.483 e. The van der Waals surface area contributed by atoms with E-state index in [2.05, 4.69) is 0 Å². The van der Waals surface area contributed by atoms with E-state index in [9.17, 15) is 9.59 Å². The molecule has 2 heterocycles. The summed E-state index contributed by atoms with van der Waals surface area (Å²) in [5, 5.41) is 0.642. The van der Waals surface area contributed by atoms with E-state index >= 15 is 0 Å². The molecule has 1 atom stereocenters. The molecule has 2 aliphatic rings. The van der Waals surface area contributed by atoms with Gasteiger partial charge in [-0.15, -0.1) is 0 Å². The van der Waals surface area contributed by atoms with Crippen molar-refractivity contribution in [3.8, 4) is 5.75 Å². The van der Waals surface area contributed by atoms with Crippen LogP contribution in [0.3, 0.4) is 0 Å². The average molecular weight is 367 g/mol. The fourth-order valence-corrected chi connectivity index (χ4v) is 3.38. The molecule has 1 unspecified atom stereocenters. The van der Waals surface area contributed by atoms with E-state index in [1.165, 1.54) is 0 Å². The number of benzene rings is 1. The van der Waals surface area contributed by atoms with Crippen LogP contribution in [0.2, 0.25) is 5.02 Å². The summed E-state index contributed by atoms with van der Waals surface area (Å²) >= 11 is 5.92. The molecule has 0 aromatic heterocycles. The van der Waals surface area contributed by atoms with Crippen LogP contribution in [0.1, 0.15) is 18.4 Å². The molecule has 2 amide bonds. The van der Waals surface area contributed by atoms with Crippen LogP contribution in [0.4, 0.5) is 0 Å². The van der Waals surface area contributed by atoms with Gasteiger partial charge in [-0.05, 0) is 43.5 Å². The molecule has 7 heteroatoms. The molecule has 2 saturated heterocycles. The molecule has 0 radical (unpaired) electrons. The molecule has 0 bridgehead atoms. The van der Waals surface area contributed by atoms with Gasteiger partial charge in [0.15, 0.2) is 6.61 Å². The average Bonchev–Trinajstić information content (AvgIpc) is 3.15. The number of aryl methyl sites for hydroxylation is 1. The van der Waals surface area contributed by atoms with Crippen LogP contribution in [-0.2, 0) is 14.3 Å². The lowest BCUT2D eigenvalue weighted by molar-refractivity contribution is -0.146. The molecule has 25 heavy (non-hydrogen) atoms. The third kappa shape index (κ3) is 4.44. The highest BCUT2D eigenvalue weighted by Gasteiger charge is 2.31. The van der Waals surface area contributed by atoms with Gasteiger partial charge in [0.1, 0.15) is 11.9 Å². The van der Waals surface area contributed by atoms with Crippen molar-refractivity contribution in [3.05, 3.63) is 28.8 Å². The molecule has 0 N–H and O–H groups in total. The van der Waals surface area contributed by atoms with Crippen molar-refractivity contribution in [2.24, 2.45) is 0 Å². The molecule has 0 aliphatic carbocycles. The maximum Gasteiger partial charge on any atom is 0.260 e. The first kappa shape index (κ1) is 18.0. The Morgan fingerprint density at radius 2 is 1.96 bits per heavy atom. The Bertz CT molecular complexity index is 638. The lowest BCUT2D eigenvalue weighted by Gasteiger charge is -2.35. The maximum absolute atomic E-state index is 12.3. The zero-order valence-corrected chi connectivity index (χ0v) is 15.1. The highest BCUT2D eigenvalue weighted by atomic mass is 35.5. The van der Waals surface area contributed by atoms with Gasteiger partial charge in [-0.25, -0.2) is 0 Å². The SMILES string of the molecule is Cc1cc(Cl)ccc1OCC(=O)N1CCN(C(=O)C2CCCO2)CC1. The molecule has 1 aromatic rings. The molecule has 1 aromatic carbocycles. The second-order valence-electron chi connectivity index (χ2n) is 6.41. The Hall–Kier alpha value is -1.79. The summed E-state index contributed by atoms with van der Waals surface area (Å²) in [6.07, 6.45) is 1.45. The van der Waals surface area contributed by atoms with Gasteiger partial charge < -0.3 is 19.3 Å². The quantitative estimate of drug-likeness (QED) is 0.816. The Morgan fingerprint density at radius 1 is 1.24 bits per heavy atom. The van der Waals surface area contributed by atoms with Crippen LogP contribution in [0.5, 0.6) is 5.75 Å². The zero-order chi connectivity index (χ0) is 17.8. The predicted octanol–water partition coefficient (Wildman–Crippen LogP) is 1.88. The second kappa shape index (κ2) is 8.06. The topological polar surface area (TPSA) is 59.1 Å². The van der Waals surface area contributed by atoms with Crippen LogP contribution in [0, 0.1) is 6.92 Å². The minimum Gasteiger partial charge on any atom is -0.483 e. The lowest BCUT2D eigenvalue weighted by atomic mass is 10.2.